The SMILES string of the molecule is CCCCCCC1(CCCC)C(=O)NC1(C)c1nnc2cc(OOC=S)[nH]n12. The maximum Gasteiger partial charge on any atom is 0.266 e. The van der Waals surface area contributed by atoms with Gasteiger partial charge in [0, 0.05) is 0 Å². The number of aromatic nitrogens is 4. The fraction of sp³-hybridized carbons (Fsp3) is 0.684. The molecule has 2 atom stereocenters. The van der Waals surface area contributed by atoms with Gasteiger partial charge in [-0.2, -0.15) is 0 Å². The van der Waals surface area contributed by atoms with Gasteiger partial charge in [0.2, 0.25) is 11.5 Å². The van der Waals surface area contributed by atoms with Crippen LogP contribution in [0.1, 0.15) is 78.0 Å². The summed E-state index contributed by atoms with van der Waals surface area (Å²) in [4.78, 5) is 22.6. The van der Waals surface area contributed by atoms with Crippen molar-refractivity contribution in [2.24, 2.45) is 5.41 Å². The zero-order valence-electron chi connectivity index (χ0n) is 16.8. The molecule has 28 heavy (non-hydrogen) atoms. The Labute approximate surface area is 170 Å². The number of hydrogen-bond donors (Lipinski definition) is 2. The molecule has 2 aromatic rings. The van der Waals surface area contributed by atoms with Crippen LogP contribution >= 0.6 is 12.2 Å². The Morgan fingerprint density at radius 1 is 1.18 bits per heavy atom. The normalized spacial score (nSPS) is 24.0. The van der Waals surface area contributed by atoms with E-state index in [0.717, 1.165) is 44.1 Å². The van der Waals surface area contributed by atoms with Gasteiger partial charge in [-0.3, -0.25) is 19.7 Å². The van der Waals surface area contributed by atoms with Gasteiger partial charge in [0.25, 0.3) is 5.88 Å². The second-order valence-corrected chi connectivity index (χ2v) is 7.88. The number of hydrogen-bond acceptors (Lipinski definition) is 6. The van der Waals surface area contributed by atoms with Gasteiger partial charge in [-0.05, 0) is 32.0 Å². The van der Waals surface area contributed by atoms with Crippen molar-refractivity contribution in [2.75, 3.05) is 0 Å². The molecule has 1 aliphatic heterocycles. The summed E-state index contributed by atoms with van der Waals surface area (Å²) in [7, 11) is 0. The fourth-order valence-corrected chi connectivity index (χ4v) is 4.32. The van der Waals surface area contributed by atoms with E-state index in [0.29, 0.717) is 17.4 Å². The largest absolute Gasteiger partial charge is 0.342 e. The lowest BCUT2D eigenvalue weighted by Gasteiger charge is -2.56. The van der Waals surface area contributed by atoms with Crippen molar-refractivity contribution in [1.29, 1.82) is 0 Å². The van der Waals surface area contributed by atoms with Crippen LogP contribution in [0, 0.1) is 5.41 Å². The Morgan fingerprint density at radius 3 is 2.61 bits per heavy atom. The number of β-lactam (4-membered cyclic amide) rings is 1. The first kappa shape index (κ1) is 20.6. The Morgan fingerprint density at radius 2 is 1.93 bits per heavy atom. The summed E-state index contributed by atoms with van der Waals surface area (Å²) in [5.41, 5.74) is 0.549. The van der Waals surface area contributed by atoms with E-state index in [-0.39, 0.29) is 5.91 Å². The van der Waals surface area contributed by atoms with Gasteiger partial charge in [-0.1, -0.05) is 52.4 Å². The van der Waals surface area contributed by atoms with Crippen LogP contribution in [0.3, 0.4) is 0 Å². The molecule has 1 aliphatic rings. The third kappa shape index (κ3) is 3.36. The monoisotopic (exact) mass is 407 g/mol. The molecule has 1 saturated heterocycles. The van der Waals surface area contributed by atoms with Crippen LogP contribution in [0.15, 0.2) is 6.07 Å². The van der Waals surface area contributed by atoms with Crippen LogP contribution < -0.4 is 10.2 Å². The molecule has 0 spiro atoms. The number of amides is 1. The number of unbranched alkanes of at least 4 members (excludes halogenated alkanes) is 4. The molecule has 1 amide bonds. The number of rotatable bonds is 12. The van der Waals surface area contributed by atoms with E-state index >= 15 is 0 Å². The smallest absolute Gasteiger partial charge is 0.266 e. The summed E-state index contributed by atoms with van der Waals surface area (Å²) in [5.74, 6) is 1.15. The molecule has 3 rings (SSSR count). The third-order valence-corrected chi connectivity index (χ3v) is 6.04. The molecule has 8 nitrogen and oxygen atoms in total. The van der Waals surface area contributed by atoms with Crippen molar-refractivity contribution in [3.63, 3.8) is 0 Å². The molecule has 2 N–H and O–H groups in total. The fourth-order valence-electron chi connectivity index (χ4n) is 4.28. The second kappa shape index (κ2) is 8.46. The predicted molar refractivity (Wildman–Crippen MR) is 109 cm³/mol. The molecule has 2 unspecified atom stereocenters. The van der Waals surface area contributed by atoms with Crippen molar-refractivity contribution >= 4 is 29.3 Å². The summed E-state index contributed by atoms with van der Waals surface area (Å²) in [6.07, 6.45) is 8.26. The van der Waals surface area contributed by atoms with Crippen LogP contribution in [0.25, 0.3) is 5.65 Å². The second-order valence-electron chi connectivity index (χ2n) is 7.69. The van der Waals surface area contributed by atoms with Crippen LogP contribution in [0.2, 0.25) is 0 Å². The highest BCUT2D eigenvalue weighted by atomic mass is 32.1. The summed E-state index contributed by atoms with van der Waals surface area (Å²) in [6.45, 7) is 6.40. The van der Waals surface area contributed by atoms with Crippen molar-refractivity contribution < 1.29 is 14.6 Å². The number of carbonyl (C=O) groups excluding carboxylic acids is 1. The summed E-state index contributed by atoms with van der Waals surface area (Å²) >= 11 is 4.60. The number of nitrogens with zero attached hydrogens (tertiary/aromatic N) is 3. The van der Waals surface area contributed by atoms with E-state index in [2.05, 4.69) is 53.6 Å². The first-order chi connectivity index (χ1) is 13.5. The zero-order valence-corrected chi connectivity index (χ0v) is 17.6. The lowest BCUT2D eigenvalue weighted by atomic mass is 9.57. The molecule has 0 radical (unpaired) electrons. The van der Waals surface area contributed by atoms with Crippen molar-refractivity contribution in [1.82, 2.24) is 25.1 Å². The lowest BCUT2D eigenvalue weighted by Crippen LogP contribution is -2.73. The minimum atomic E-state index is -0.599. The van der Waals surface area contributed by atoms with Crippen molar-refractivity contribution in [3.05, 3.63) is 11.9 Å². The summed E-state index contributed by atoms with van der Waals surface area (Å²) < 4.78 is 1.74. The number of carbonyl (C=O) groups is 1. The Balaban J connectivity index is 1.92. The van der Waals surface area contributed by atoms with Gasteiger partial charge in [0.15, 0.2) is 11.5 Å². The molecular weight excluding hydrogens is 378 g/mol. The molecule has 154 valence electrons. The van der Waals surface area contributed by atoms with Gasteiger partial charge in [0.05, 0.1) is 11.5 Å². The number of thiocarbonyl (C=S) groups is 1. The Bertz CT molecular complexity index is 835. The number of aromatic amines is 1. The first-order valence-corrected chi connectivity index (χ1v) is 10.5. The topological polar surface area (TPSA) is 93.5 Å². The van der Waals surface area contributed by atoms with E-state index in [9.17, 15) is 4.79 Å². The molecule has 0 saturated carbocycles. The maximum absolute atomic E-state index is 12.9. The highest BCUT2D eigenvalue weighted by Gasteiger charge is 2.65. The summed E-state index contributed by atoms with van der Waals surface area (Å²) in [5, 5.41) is 14.8. The Kier molecular flexibility index (Phi) is 6.22. The van der Waals surface area contributed by atoms with E-state index in [1.54, 1.807) is 10.6 Å². The van der Waals surface area contributed by atoms with E-state index in [1.807, 2.05) is 0 Å². The van der Waals surface area contributed by atoms with E-state index in [1.165, 1.54) is 12.8 Å². The minimum absolute atomic E-state index is 0.115. The van der Waals surface area contributed by atoms with Gasteiger partial charge in [0.1, 0.15) is 5.54 Å². The molecule has 0 aromatic carbocycles. The molecule has 9 heteroatoms. The molecule has 3 heterocycles. The average Bonchev–Trinajstić information content (AvgIpc) is 3.25. The quantitative estimate of drug-likeness (QED) is 0.183. The zero-order chi connectivity index (χ0) is 20.2. The van der Waals surface area contributed by atoms with Crippen LogP contribution in [0.4, 0.5) is 0 Å². The average molecular weight is 408 g/mol. The predicted octanol–water partition coefficient (Wildman–Crippen LogP) is 3.82. The number of H-pyrrole nitrogens is 1. The highest BCUT2D eigenvalue weighted by Crippen LogP contribution is 2.53. The van der Waals surface area contributed by atoms with E-state index < -0.39 is 11.0 Å². The van der Waals surface area contributed by atoms with Crippen molar-refractivity contribution in [2.45, 2.75) is 77.7 Å². The lowest BCUT2D eigenvalue weighted by molar-refractivity contribution is -0.160. The van der Waals surface area contributed by atoms with Gasteiger partial charge in [-0.25, -0.2) is 4.52 Å². The van der Waals surface area contributed by atoms with Crippen molar-refractivity contribution in [3.8, 4) is 5.88 Å². The molecule has 0 aliphatic carbocycles. The Hall–Kier alpha value is -2.16. The van der Waals surface area contributed by atoms with Crippen LogP contribution in [-0.2, 0) is 15.2 Å². The van der Waals surface area contributed by atoms with Crippen LogP contribution in [0.5, 0.6) is 5.88 Å². The van der Waals surface area contributed by atoms with E-state index in [4.69, 9.17) is 9.78 Å². The minimum Gasteiger partial charge on any atom is -0.342 e. The molecule has 2 aromatic heterocycles. The number of fused-ring (bicyclic) bond motifs is 1. The van der Waals surface area contributed by atoms with Gasteiger partial charge < -0.3 is 5.32 Å². The highest BCUT2D eigenvalue weighted by molar-refractivity contribution is 7.78. The first-order valence-electron chi connectivity index (χ1n) is 10.1. The van der Waals surface area contributed by atoms with Crippen LogP contribution in [-0.4, -0.2) is 31.3 Å². The van der Waals surface area contributed by atoms with Gasteiger partial charge >= 0.3 is 0 Å². The maximum atomic E-state index is 12.9. The third-order valence-electron chi connectivity index (χ3n) is 5.96. The molecule has 1 fully saturated rings. The summed E-state index contributed by atoms with van der Waals surface area (Å²) in [6, 6.07) is 1.67. The standard InChI is InChI=1S/C19H29N5O3S/c1-4-6-8-9-11-19(10-7-5-2)17(25)20-18(19,3)16-22-21-14-12-15(23-24(14)16)27-26-13-28/h12-13,23H,4-11H2,1-3H3,(H,20,25). The molecular formula is C19H29N5O3S. The van der Waals surface area contributed by atoms with Gasteiger partial charge in [-0.15, -0.1) is 10.2 Å². The number of nitrogens with one attached hydrogen (secondary N) is 2. The molecule has 0 bridgehead atoms.